The van der Waals surface area contributed by atoms with E-state index in [4.69, 9.17) is 16.3 Å². The number of carbonyl (C=O) groups excluding carboxylic acids is 1. The molecule has 1 unspecified atom stereocenters. The number of aryl methyl sites for hydroxylation is 1. The zero-order valence-corrected chi connectivity index (χ0v) is 12.6. The summed E-state index contributed by atoms with van der Waals surface area (Å²) in [7, 11) is 0. The molecule has 0 saturated heterocycles. The molecule has 0 aliphatic heterocycles. The third-order valence-corrected chi connectivity index (χ3v) is 3.14. The number of carbonyl (C=O) groups is 1. The highest BCUT2D eigenvalue weighted by atomic mass is 35.5. The average molecular weight is 284 g/mol. The predicted molar refractivity (Wildman–Crippen MR) is 78.8 cm³/mol. The molecule has 1 N–H and O–H groups in total. The summed E-state index contributed by atoms with van der Waals surface area (Å²) < 4.78 is 5.65. The first-order chi connectivity index (χ1) is 9.04. The van der Waals surface area contributed by atoms with Crippen molar-refractivity contribution in [2.24, 2.45) is 0 Å². The summed E-state index contributed by atoms with van der Waals surface area (Å²) in [6.45, 7) is 6.51. The van der Waals surface area contributed by atoms with Crippen molar-refractivity contribution in [3.8, 4) is 5.75 Å². The quantitative estimate of drug-likeness (QED) is 0.775. The van der Waals surface area contributed by atoms with E-state index < -0.39 is 6.10 Å². The van der Waals surface area contributed by atoms with Gasteiger partial charge in [0.05, 0.1) is 0 Å². The van der Waals surface area contributed by atoms with Gasteiger partial charge in [0.15, 0.2) is 6.10 Å². The van der Waals surface area contributed by atoms with Crippen molar-refractivity contribution in [1.29, 1.82) is 0 Å². The lowest BCUT2D eigenvalue weighted by Crippen LogP contribution is -2.36. The Bertz CT molecular complexity index is 421. The number of hydrogen-bond acceptors (Lipinski definition) is 2. The maximum Gasteiger partial charge on any atom is 0.260 e. The van der Waals surface area contributed by atoms with Crippen LogP contribution in [0.15, 0.2) is 18.2 Å². The fourth-order valence-electron chi connectivity index (χ4n) is 1.68. The van der Waals surface area contributed by atoms with Crippen LogP contribution in [0.4, 0.5) is 0 Å². The lowest BCUT2D eigenvalue weighted by atomic mass is 10.2. The van der Waals surface area contributed by atoms with E-state index in [0.29, 0.717) is 17.3 Å². The highest BCUT2D eigenvalue weighted by Gasteiger charge is 2.15. The summed E-state index contributed by atoms with van der Waals surface area (Å²) >= 11 is 5.92. The third kappa shape index (κ3) is 5.52. The molecule has 0 aliphatic rings. The molecule has 1 atom stereocenters. The highest BCUT2D eigenvalue weighted by Crippen LogP contribution is 2.23. The molecule has 0 bridgehead atoms. The molecule has 0 heterocycles. The number of rotatable bonds is 7. The molecule has 106 valence electrons. The van der Waals surface area contributed by atoms with Crippen molar-refractivity contribution in [2.75, 3.05) is 6.54 Å². The Morgan fingerprint density at radius 2 is 2.16 bits per heavy atom. The average Bonchev–Trinajstić information content (AvgIpc) is 2.38. The molecule has 0 spiro atoms. The van der Waals surface area contributed by atoms with Gasteiger partial charge in [-0.25, -0.2) is 0 Å². The van der Waals surface area contributed by atoms with Crippen LogP contribution in [0.2, 0.25) is 5.02 Å². The van der Waals surface area contributed by atoms with Gasteiger partial charge in [0.1, 0.15) is 5.75 Å². The lowest BCUT2D eigenvalue weighted by molar-refractivity contribution is -0.127. The number of amides is 1. The first kappa shape index (κ1) is 15.8. The zero-order valence-electron chi connectivity index (χ0n) is 11.8. The van der Waals surface area contributed by atoms with E-state index in [1.807, 2.05) is 13.0 Å². The molecule has 1 aromatic rings. The third-order valence-electron chi connectivity index (χ3n) is 2.90. The van der Waals surface area contributed by atoms with Crippen molar-refractivity contribution in [3.63, 3.8) is 0 Å². The summed E-state index contributed by atoms with van der Waals surface area (Å²) in [5.74, 6) is 0.569. The predicted octanol–water partition coefficient (Wildman–Crippen LogP) is 3.72. The van der Waals surface area contributed by atoms with Gasteiger partial charge in [-0.2, -0.15) is 0 Å². The second-order valence-corrected chi connectivity index (χ2v) is 5.10. The van der Waals surface area contributed by atoms with E-state index in [2.05, 4.69) is 12.2 Å². The molecule has 1 rings (SSSR count). The standard InChI is InChI=1S/C15H22ClNO2/c1-4-5-6-9-17-15(18)12(3)19-14-10-13(16)8-7-11(14)2/h7-8,10,12H,4-6,9H2,1-3H3,(H,17,18). The van der Waals surface area contributed by atoms with Gasteiger partial charge in [-0.15, -0.1) is 0 Å². The van der Waals surface area contributed by atoms with Gasteiger partial charge in [-0.05, 0) is 38.0 Å². The number of halogens is 1. The fourth-order valence-corrected chi connectivity index (χ4v) is 1.84. The number of nitrogens with one attached hydrogen (secondary N) is 1. The highest BCUT2D eigenvalue weighted by molar-refractivity contribution is 6.30. The molecule has 0 saturated carbocycles. The van der Waals surface area contributed by atoms with Gasteiger partial charge in [-0.3, -0.25) is 4.79 Å². The minimum atomic E-state index is -0.515. The Morgan fingerprint density at radius 3 is 2.84 bits per heavy atom. The normalized spacial score (nSPS) is 12.0. The van der Waals surface area contributed by atoms with E-state index in [-0.39, 0.29) is 5.91 Å². The van der Waals surface area contributed by atoms with Crippen molar-refractivity contribution >= 4 is 17.5 Å². The van der Waals surface area contributed by atoms with Gasteiger partial charge < -0.3 is 10.1 Å². The second kappa shape index (κ2) is 8.05. The Labute approximate surface area is 120 Å². The summed E-state index contributed by atoms with van der Waals surface area (Å²) in [6, 6.07) is 5.42. The number of benzene rings is 1. The van der Waals surface area contributed by atoms with Crippen LogP contribution in [0, 0.1) is 6.92 Å². The molecule has 0 aromatic heterocycles. The molecular weight excluding hydrogens is 262 g/mol. The van der Waals surface area contributed by atoms with E-state index >= 15 is 0 Å². The van der Waals surface area contributed by atoms with Crippen molar-refractivity contribution < 1.29 is 9.53 Å². The Hall–Kier alpha value is -1.22. The lowest BCUT2D eigenvalue weighted by Gasteiger charge is -2.16. The summed E-state index contributed by atoms with van der Waals surface area (Å²) in [4.78, 5) is 11.8. The van der Waals surface area contributed by atoms with Gasteiger partial charge in [0.25, 0.3) is 5.91 Å². The maximum atomic E-state index is 11.8. The summed E-state index contributed by atoms with van der Waals surface area (Å²) in [5.41, 5.74) is 0.968. The zero-order chi connectivity index (χ0) is 14.3. The van der Waals surface area contributed by atoms with Gasteiger partial charge in [-0.1, -0.05) is 37.4 Å². The molecule has 19 heavy (non-hydrogen) atoms. The number of hydrogen-bond donors (Lipinski definition) is 1. The van der Waals surface area contributed by atoms with Crippen LogP contribution in [0.25, 0.3) is 0 Å². The van der Waals surface area contributed by atoms with Crippen molar-refractivity contribution in [2.45, 2.75) is 46.1 Å². The molecule has 1 aromatic carbocycles. The van der Waals surface area contributed by atoms with E-state index in [1.165, 1.54) is 0 Å². The van der Waals surface area contributed by atoms with E-state index in [0.717, 1.165) is 24.8 Å². The molecule has 0 fully saturated rings. The van der Waals surface area contributed by atoms with Crippen LogP contribution in [-0.4, -0.2) is 18.6 Å². The molecule has 0 aliphatic carbocycles. The van der Waals surface area contributed by atoms with Gasteiger partial charge >= 0.3 is 0 Å². The maximum absolute atomic E-state index is 11.8. The number of ether oxygens (including phenoxy) is 1. The molecule has 0 radical (unpaired) electrons. The first-order valence-electron chi connectivity index (χ1n) is 6.75. The van der Waals surface area contributed by atoms with Crippen LogP contribution >= 0.6 is 11.6 Å². The molecule has 3 nitrogen and oxygen atoms in total. The Kier molecular flexibility index (Phi) is 6.71. The van der Waals surface area contributed by atoms with E-state index in [1.54, 1.807) is 19.1 Å². The molecule has 4 heteroatoms. The van der Waals surface area contributed by atoms with Crippen LogP contribution in [0.5, 0.6) is 5.75 Å². The largest absolute Gasteiger partial charge is 0.481 e. The summed E-state index contributed by atoms with van der Waals surface area (Å²) in [5, 5.41) is 3.48. The minimum Gasteiger partial charge on any atom is -0.481 e. The van der Waals surface area contributed by atoms with Crippen LogP contribution in [0.1, 0.15) is 38.7 Å². The van der Waals surface area contributed by atoms with Gasteiger partial charge in [0, 0.05) is 11.6 Å². The van der Waals surface area contributed by atoms with Crippen LogP contribution in [-0.2, 0) is 4.79 Å². The Balaban J connectivity index is 2.47. The molecule has 1 amide bonds. The van der Waals surface area contributed by atoms with Gasteiger partial charge in [0.2, 0.25) is 0 Å². The molecular formula is C15H22ClNO2. The topological polar surface area (TPSA) is 38.3 Å². The second-order valence-electron chi connectivity index (χ2n) is 4.67. The van der Waals surface area contributed by atoms with Crippen molar-refractivity contribution in [3.05, 3.63) is 28.8 Å². The van der Waals surface area contributed by atoms with Crippen LogP contribution in [0.3, 0.4) is 0 Å². The van der Waals surface area contributed by atoms with E-state index in [9.17, 15) is 4.79 Å². The Morgan fingerprint density at radius 1 is 1.42 bits per heavy atom. The fraction of sp³-hybridized carbons (Fsp3) is 0.533. The van der Waals surface area contributed by atoms with Crippen molar-refractivity contribution in [1.82, 2.24) is 5.32 Å². The smallest absolute Gasteiger partial charge is 0.260 e. The number of unbranched alkanes of at least 4 members (excludes halogenated alkanes) is 2. The van der Waals surface area contributed by atoms with Crippen LogP contribution < -0.4 is 10.1 Å². The SMILES string of the molecule is CCCCCNC(=O)C(C)Oc1cc(Cl)ccc1C. The summed E-state index contributed by atoms with van der Waals surface area (Å²) in [6.07, 6.45) is 2.76. The minimum absolute atomic E-state index is 0.0875. The monoisotopic (exact) mass is 283 g/mol. The first-order valence-corrected chi connectivity index (χ1v) is 7.13.